The molecule has 2 aromatic heterocycles. The van der Waals surface area contributed by atoms with Gasteiger partial charge in [-0.25, -0.2) is 0 Å². The van der Waals surface area contributed by atoms with Crippen molar-refractivity contribution in [3.63, 3.8) is 0 Å². The molecule has 0 atom stereocenters. The number of halogens is 2. The van der Waals surface area contributed by atoms with E-state index in [-0.39, 0.29) is 0 Å². The van der Waals surface area contributed by atoms with Gasteiger partial charge in [0.15, 0.2) is 0 Å². The predicted octanol–water partition coefficient (Wildman–Crippen LogP) is 13.1. The Hall–Kier alpha value is -5.48. The topological polar surface area (TPSA) is 21.3 Å². The Morgan fingerprint density at radius 2 is 0.979 bits per heavy atom. The van der Waals surface area contributed by atoms with Gasteiger partial charge in [-0.3, -0.25) is 0 Å². The zero-order valence-corrected chi connectivity index (χ0v) is 26.6. The molecule has 0 aliphatic heterocycles. The number of anilines is 3. The van der Waals surface area contributed by atoms with Crippen LogP contribution in [-0.4, -0.2) is 4.57 Å². The molecule has 2 heterocycles. The molecule has 0 aliphatic carbocycles. The lowest BCUT2D eigenvalue weighted by Gasteiger charge is -2.25. The van der Waals surface area contributed by atoms with Gasteiger partial charge in [-0.1, -0.05) is 77.8 Å². The van der Waals surface area contributed by atoms with Gasteiger partial charge in [-0.05, 0) is 114 Å². The number of rotatable bonds is 5. The van der Waals surface area contributed by atoms with Crippen LogP contribution in [0.2, 0.25) is 10.0 Å². The SMILES string of the molecule is Clc1ccc(N(c2ccc(Cl)cc2)c2ccc(-c3ccc4c(c3)c3ccccc3n4-c3ccc4oc5ccccc5c4c3)cc2)cc1. The molecule has 5 heteroatoms. The van der Waals surface area contributed by atoms with Crippen molar-refractivity contribution < 1.29 is 4.42 Å². The van der Waals surface area contributed by atoms with Gasteiger partial charge in [-0.15, -0.1) is 0 Å². The molecule has 0 N–H and O–H groups in total. The van der Waals surface area contributed by atoms with Gasteiger partial charge < -0.3 is 13.9 Å². The summed E-state index contributed by atoms with van der Waals surface area (Å²) in [6.07, 6.45) is 0. The summed E-state index contributed by atoms with van der Waals surface area (Å²) in [7, 11) is 0. The Morgan fingerprint density at radius 1 is 0.426 bits per heavy atom. The van der Waals surface area contributed by atoms with Crippen LogP contribution in [0.15, 0.2) is 162 Å². The second kappa shape index (κ2) is 11.1. The van der Waals surface area contributed by atoms with E-state index in [1.165, 1.54) is 16.3 Å². The number of fused-ring (bicyclic) bond motifs is 6. The van der Waals surface area contributed by atoms with Crippen molar-refractivity contribution in [3.8, 4) is 16.8 Å². The predicted molar refractivity (Wildman–Crippen MR) is 198 cm³/mol. The first-order chi connectivity index (χ1) is 23.1. The van der Waals surface area contributed by atoms with Crippen LogP contribution >= 0.6 is 23.2 Å². The highest BCUT2D eigenvalue weighted by atomic mass is 35.5. The van der Waals surface area contributed by atoms with Crippen LogP contribution in [0.4, 0.5) is 17.1 Å². The lowest BCUT2D eigenvalue weighted by atomic mass is 10.0. The van der Waals surface area contributed by atoms with Crippen LogP contribution < -0.4 is 4.90 Å². The molecule has 0 radical (unpaired) electrons. The average Bonchev–Trinajstić information content (AvgIpc) is 3.65. The molecule has 0 amide bonds. The summed E-state index contributed by atoms with van der Waals surface area (Å²) in [5.74, 6) is 0. The molecule has 0 bridgehead atoms. The first-order valence-corrected chi connectivity index (χ1v) is 16.2. The fraction of sp³-hybridized carbons (Fsp3) is 0. The normalized spacial score (nSPS) is 11.6. The fourth-order valence-corrected chi connectivity index (χ4v) is 6.97. The van der Waals surface area contributed by atoms with Crippen molar-refractivity contribution in [1.82, 2.24) is 4.57 Å². The van der Waals surface area contributed by atoms with E-state index < -0.39 is 0 Å². The molecule has 7 aromatic carbocycles. The first kappa shape index (κ1) is 27.8. The molecule has 0 fully saturated rings. The van der Waals surface area contributed by atoms with E-state index in [4.69, 9.17) is 27.6 Å². The molecule has 9 aromatic rings. The maximum Gasteiger partial charge on any atom is 0.135 e. The van der Waals surface area contributed by atoms with Crippen LogP contribution in [0, 0.1) is 0 Å². The molecular formula is C42H26Cl2N2O. The molecule has 0 aliphatic rings. The number of hydrogen-bond donors (Lipinski definition) is 0. The Balaban J connectivity index is 1.14. The number of benzene rings is 7. The van der Waals surface area contributed by atoms with E-state index in [0.717, 1.165) is 61.3 Å². The smallest absolute Gasteiger partial charge is 0.135 e. The summed E-state index contributed by atoms with van der Waals surface area (Å²) in [6, 6.07) is 54.6. The van der Waals surface area contributed by atoms with E-state index >= 15 is 0 Å². The van der Waals surface area contributed by atoms with Gasteiger partial charge in [0.25, 0.3) is 0 Å². The lowest BCUT2D eigenvalue weighted by Crippen LogP contribution is -2.09. The molecule has 3 nitrogen and oxygen atoms in total. The average molecular weight is 646 g/mol. The van der Waals surface area contributed by atoms with Crippen LogP contribution in [0.25, 0.3) is 60.6 Å². The van der Waals surface area contributed by atoms with Crippen LogP contribution in [-0.2, 0) is 0 Å². The zero-order chi connectivity index (χ0) is 31.5. The third-order valence-corrected chi connectivity index (χ3v) is 9.42. The highest BCUT2D eigenvalue weighted by Crippen LogP contribution is 2.39. The summed E-state index contributed by atoms with van der Waals surface area (Å²) < 4.78 is 8.48. The van der Waals surface area contributed by atoms with E-state index in [1.54, 1.807) is 0 Å². The van der Waals surface area contributed by atoms with Crippen molar-refractivity contribution in [3.05, 3.63) is 168 Å². The van der Waals surface area contributed by atoms with E-state index in [1.807, 2.05) is 60.7 Å². The highest BCUT2D eigenvalue weighted by Gasteiger charge is 2.16. The summed E-state index contributed by atoms with van der Waals surface area (Å²) in [5.41, 5.74) is 10.6. The number of aromatic nitrogens is 1. The van der Waals surface area contributed by atoms with Crippen LogP contribution in [0.1, 0.15) is 0 Å². The van der Waals surface area contributed by atoms with Crippen molar-refractivity contribution in [2.24, 2.45) is 0 Å². The highest BCUT2D eigenvalue weighted by molar-refractivity contribution is 6.31. The summed E-state index contributed by atoms with van der Waals surface area (Å²) in [6.45, 7) is 0. The summed E-state index contributed by atoms with van der Waals surface area (Å²) >= 11 is 12.5. The van der Waals surface area contributed by atoms with Crippen molar-refractivity contribution in [2.75, 3.05) is 4.90 Å². The molecule has 224 valence electrons. The zero-order valence-electron chi connectivity index (χ0n) is 25.1. The second-order valence-corrected chi connectivity index (χ2v) is 12.6. The van der Waals surface area contributed by atoms with Gasteiger partial charge in [0.05, 0.1) is 11.0 Å². The Morgan fingerprint density at radius 3 is 1.68 bits per heavy atom. The molecule has 0 saturated heterocycles. The number of furan rings is 1. The third kappa shape index (κ3) is 4.75. The van der Waals surface area contributed by atoms with E-state index in [9.17, 15) is 0 Å². The van der Waals surface area contributed by atoms with Gasteiger partial charge in [0.2, 0.25) is 0 Å². The molecule has 0 spiro atoms. The second-order valence-electron chi connectivity index (χ2n) is 11.7. The van der Waals surface area contributed by atoms with Gasteiger partial charge in [0, 0.05) is 54.3 Å². The number of para-hydroxylation sites is 2. The van der Waals surface area contributed by atoms with Gasteiger partial charge >= 0.3 is 0 Å². The number of hydrogen-bond acceptors (Lipinski definition) is 2. The lowest BCUT2D eigenvalue weighted by molar-refractivity contribution is 0.669. The minimum Gasteiger partial charge on any atom is -0.456 e. The van der Waals surface area contributed by atoms with Crippen LogP contribution in [0.3, 0.4) is 0 Å². The maximum absolute atomic E-state index is 6.23. The molecule has 0 saturated carbocycles. The molecule has 0 unspecified atom stereocenters. The quantitative estimate of drug-likeness (QED) is 0.186. The van der Waals surface area contributed by atoms with Gasteiger partial charge in [0.1, 0.15) is 11.2 Å². The standard InChI is InChI=1S/C42H26Cl2N2O/c43-29-12-18-32(19-13-29)45(33-20-14-30(44)15-21-33)31-16-9-27(10-17-31)28-11-23-40-37(25-28)35-5-1-3-7-39(35)46(40)34-22-24-42-38(26-34)36-6-2-4-8-41(36)47-42/h1-26H. The Bertz CT molecular complexity index is 2540. The number of nitrogens with zero attached hydrogens (tertiary/aromatic N) is 2. The monoisotopic (exact) mass is 644 g/mol. The largest absolute Gasteiger partial charge is 0.456 e. The minimum absolute atomic E-state index is 0.701. The van der Waals surface area contributed by atoms with Crippen molar-refractivity contribution in [2.45, 2.75) is 0 Å². The summed E-state index contributed by atoms with van der Waals surface area (Å²) in [5, 5.41) is 6.08. The molecule has 9 rings (SSSR count). The van der Waals surface area contributed by atoms with Crippen molar-refractivity contribution >= 4 is 84.0 Å². The van der Waals surface area contributed by atoms with E-state index in [0.29, 0.717) is 10.0 Å². The molecule has 47 heavy (non-hydrogen) atoms. The van der Waals surface area contributed by atoms with Gasteiger partial charge in [-0.2, -0.15) is 0 Å². The third-order valence-electron chi connectivity index (χ3n) is 8.92. The van der Waals surface area contributed by atoms with Crippen molar-refractivity contribution in [1.29, 1.82) is 0 Å². The molecular weight excluding hydrogens is 619 g/mol. The Kier molecular flexibility index (Phi) is 6.56. The first-order valence-electron chi connectivity index (χ1n) is 15.5. The summed E-state index contributed by atoms with van der Waals surface area (Å²) in [4.78, 5) is 2.20. The fourth-order valence-electron chi connectivity index (χ4n) is 6.71. The minimum atomic E-state index is 0.701. The van der Waals surface area contributed by atoms with E-state index in [2.05, 4.69) is 107 Å². The van der Waals surface area contributed by atoms with Crippen LogP contribution in [0.5, 0.6) is 0 Å². The maximum atomic E-state index is 6.23. The Labute approximate surface area is 281 Å².